The van der Waals surface area contributed by atoms with Gasteiger partial charge in [-0.05, 0) is 128 Å². The molecule has 0 saturated heterocycles. The molecule has 82 heavy (non-hydrogen) atoms. The highest BCUT2D eigenvalue weighted by molar-refractivity contribution is 5.71. The predicted molar refractivity (Wildman–Crippen MR) is 357 cm³/mol. The van der Waals surface area contributed by atoms with Crippen molar-refractivity contribution in [3.05, 3.63) is 122 Å². The van der Waals surface area contributed by atoms with Gasteiger partial charge in [0.1, 0.15) is 13.2 Å². The quantitative estimate of drug-likeness (QED) is 0.0261. The van der Waals surface area contributed by atoms with Crippen LogP contribution in [0.1, 0.15) is 323 Å². The summed E-state index contributed by atoms with van der Waals surface area (Å²) in [6.07, 6.45) is 96.4. The molecule has 0 aliphatic rings. The van der Waals surface area contributed by atoms with Crippen LogP contribution in [0.2, 0.25) is 0 Å². The van der Waals surface area contributed by atoms with E-state index in [-0.39, 0.29) is 31.1 Å². The summed E-state index contributed by atoms with van der Waals surface area (Å²) in [4.78, 5) is 38.4. The Balaban J connectivity index is 4.31. The number of hydrogen-bond donors (Lipinski definition) is 0. The van der Waals surface area contributed by atoms with E-state index in [9.17, 15) is 14.4 Å². The van der Waals surface area contributed by atoms with Crippen LogP contribution in [-0.2, 0) is 28.6 Å². The van der Waals surface area contributed by atoms with Gasteiger partial charge in [-0.15, -0.1) is 0 Å². The number of rotatable bonds is 62. The average molecular weight is 1140 g/mol. The Bertz CT molecular complexity index is 1690. The first-order valence-electron chi connectivity index (χ1n) is 34.5. The predicted octanol–water partition coefficient (Wildman–Crippen LogP) is 23.9. The lowest BCUT2D eigenvalue weighted by atomic mass is 10.0. The molecule has 0 aromatic carbocycles. The Morgan fingerprint density at radius 3 is 0.756 bits per heavy atom. The monoisotopic (exact) mass is 1140 g/mol. The molecule has 0 spiro atoms. The van der Waals surface area contributed by atoms with Crippen molar-refractivity contribution < 1.29 is 28.6 Å². The lowest BCUT2D eigenvalue weighted by Crippen LogP contribution is -2.30. The van der Waals surface area contributed by atoms with Gasteiger partial charge in [0, 0.05) is 19.3 Å². The number of carbonyl (C=O) groups is 3. The van der Waals surface area contributed by atoms with Crippen molar-refractivity contribution >= 4 is 17.9 Å². The molecule has 0 fully saturated rings. The summed E-state index contributed by atoms with van der Waals surface area (Å²) in [5.41, 5.74) is 0. The van der Waals surface area contributed by atoms with Crippen LogP contribution in [0, 0.1) is 0 Å². The topological polar surface area (TPSA) is 78.9 Å². The molecule has 0 heterocycles. The minimum absolute atomic E-state index is 0.0848. The third-order valence-corrected chi connectivity index (χ3v) is 14.7. The van der Waals surface area contributed by atoms with Crippen molar-refractivity contribution in [2.75, 3.05) is 13.2 Å². The molecule has 468 valence electrons. The average Bonchev–Trinajstić information content (AvgIpc) is 3.47. The van der Waals surface area contributed by atoms with Gasteiger partial charge in [0.2, 0.25) is 0 Å². The van der Waals surface area contributed by atoms with E-state index < -0.39 is 6.10 Å². The fraction of sp³-hybridized carbons (Fsp3) is 0.697. The summed E-state index contributed by atoms with van der Waals surface area (Å²) in [6, 6.07) is 0. The van der Waals surface area contributed by atoms with Gasteiger partial charge >= 0.3 is 17.9 Å². The smallest absolute Gasteiger partial charge is 0.306 e. The van der Waals surface area contributed by atoms with E-state index in [0.29, 0.717) is 19.3 Å². The molecule has 0 bridgehead atoms. The summed E-state index contributed by atoms with van der Waals surface area (Å²) < 4.78 is 17.0. The summed E-state index contributed by atoms with van der Waals surface area (Å²) in [5, 5.41) is 0. The van der Waals surface area contributed by atoms with Crippen LogP contribution in [-0.4, -0.2) is 37.2 Å². The van der Waals surface area contributed by atoms with Crippen molar-refractivity contribution in [1.82, 2.24) is 0 Å². The Labute approximate surface area is 507 Å². The Morgan fingerprint density at radius 2 is 0.476 bits per heavy atom. The van der Waals surface area contributed by atoms with Crippen LogP contribution in [0.25, 0.3) is 0 Å². The van der Waals surface area contributed by atoms with Crippen molar-refractivity contribution in [2.24, 2.45) is 0 Å². The molecule has 0 aliphatic carbocycles. The molecule has 0 aromatic rings. The Kier molecular flexibility index (Phi) is 65.8. The molecule has 6 heteroatoms. The van der Waals surface area contributed by atoms with E-state index in [1.54, 1.807) is 0 Å². The maximum absolute atomic E-state index is 12.9. The number of unbranched alkanes of at least 4 members (excludes halogenated alkanes) is 31. The van der Waals surface area contributed by atoms with Crippen LogP contribution in [0.4, 0.5) is 0 Å². The standard InChI is InChI=1S/C76H128O6/c1-4-7-10-13-16-19-22-25-28-30-32-34-35-36-37-38-39-40-41-43-44-46-48-51-54-57-60-63-66-69-75(78)81-72-73(71-80-74(77)68-65-62-59-56-53-50-27-24-21-18-15-12-9-6-3)82-76(79)70-67-64-61-58-55-52-49-47-45-42-33-31-29-26-23-20-17-14-11-8-5-2/h7-8,10-11,16-17,19-20,24-29,32-34,36-37,42,73H,4-6,9,12-15,18,21-23,30-31,35,38-41,43-72H2,1-3H3/b10-7-,11-8-,19-16-,20-17-,27-24-,28-25-,29-26-,34-32-,37-36-,42-33-. The van der Waals surface area contributed by atoms with E-state index in [2.05, 4.69) is 142 Å². The lowest BCUT2D eigenvalue weighted by Gasteiger charge is -2.18. The first kappa shape index (κ1) is 77.8. The molecule has 6 nitrogen and oxygen atoms in total. The van der Waals surface area contributed by atoms with Gasteiger partial charge in [-0.25, -0.2) is 0 Å². The number of esters is 3. The van der Waals surface area contributed by atoms with Crippen LogP contribution in [0.3, 0.4) is 0 Å². The summed E-state index contributed by atoms with van der Waals surface area (Å²) in [6.45, 7) is 6.42. The van der Waals surface area contributed by atoms with Gasteiger partial charge in [0.15, 0.2) is 6.10 Å². The highest BCUT2D eigenvalue weighted by atomic mass is 16.6. The van der Waals surface area contributed by atoms with Gasteiger partial charge in [-0.2, -0.15) is 0 Å². The van der Waals surface area contributed by atoms with Gasteiger partial charge in [0.05, 0.1) is 0 Å². The molecule has 0 rings (SSSR count). The zero-order valence-corrected chi connectivity index (χ0v) is 53.7. The van der Waals surface area contributed by atoms with Crippen LogP contribution < -0.4 is 0 Å². The summed E-state index contributed by atoms with van der Waals surface area (Å²) in [7, 11) is 0. The maximum Gasteiger partial charge on any atom is 0.306 e. The van der Waals surface area contributed by atoms with E-state index in [1.807, 2.05) is 0 Å². The molecule has 0 amide bonds. The molecule has 0 saturated carbocycles. The summed E-state index contributed by atoms with van der Waals surface area (Å²) >= 11 is 0. The first-order chi connectivity index (χ1) is 40.5. The largest absolute Gasteiger partial charge is 0.462 e. The summed E-state index contributed by atoms with van der Waals surface area (Å²) in [5.74, 6) is -0.892. The second-order valence-corrected chi connectivity index (χ2v) is 22.7. The number of allylic oxidation sites excluding steroid dienone is 20. The van der Waals surface area contributed by atoms with Gasteiger partial charge in [0.25, 0.3) is 0 Å². The zero-order valence-electron chi connectivity index (χ0n) is 53.7. The Hall–Kier alpha value is -4.19. The SMILES string of the molecule is CC/C=C\C/C=C\C/C=C\C/C=C\C/C=C\CCCCCCCCCCCCCCCC(=O)OCC(COC(=O)CCCCCCC/C=C\CCCCCCC)OC(=O)CCCCCCCCCC/C=C\C/C=C\C/C=C\C/C=C\CC. The van der Waals surface area contributed by atoms with Crippen LogP contribution in [0.5, 0.6) is 0 Å². The van der Waals surface area contributed by atoms with Gasteiger partial charge < -0.3 is 14.2 Å². The third-order valence-electron chi connectivity index (χ3n) is 14.7. The van der Waals surface area contributed by atoms with Gasteiger partial charge in [-0.1, -0.05) is 296 Å². The molecule has 0 radical (unpaired) electrons. The fourth-order valence-electron chi connectivity index (χ4n) is 9.57. The van der Waals surface area contributed by atoms with E-state index in [4.69, 9.17) is 14.2 Å². The Morgan fingerprint density at radius 1 is 0.256 bits per heavy atom. The molecular formula is C76H128O6. The molecule has 0 aromatic heterocycles. The number of ether oxygens (including phenoxy) is 3. The van der Waals surface area contributed by atoms with Gasteiger partial charge in [-0.3, -0.25) is 14.4 Å². The van der Waals surface area contributed by atoms with E-state index >= 15 is 0 Å². The lowest BCUT2D eigenvalue weighted by molar-refractivity contribution is -0.167. The van der Waals surface area contributed by atoms with E-state index in [0.717, 1.165) is 128 Å². The second kappa shape index (κ2) is 69.3. The van der Waals surface area contributed by atoms with Crippen LogP contribution in [0.15, 0.2) is 122 Å². The van der Waals surface area contributed by atoms with Crippen molar-refractivity contribution in [2.45, 2.75) is 329 Å². The minimum atomic E-state index is -0.790. The molecule has 1 atom stereocenters. The van der Waals surface area contributed by atoms with Crippen molar-refractivity contribution in [3.63, 3.8) is 0 Å². The highest BCUT2D eigenvalue weighted by Gasteiger charge is 2.19. The zero-order chi connectivity index (χ0) is 59.2. The molecule has 0 N–H and O–H groups in total. The molecule has 1 unspecified atom stereocenters. The second-order valence-electron chi connectivity index (χ2n) is 22.7. The highest BCUT2D eigenvalue weighted by Crippen LogP contribution is 2.16. The third kappa shape index (κ3) is 66.6. The number of carbonyl (C=O) groups excluding carboxylic acids is 3. The first-order valence-corrected chi connectivity index (χ1v) is 34.5. The maximum atomic E-state index is 12.9. The normalized spacial score (nSPS) is 12.9. The number of hydrogen-bond acceptors (Lipinski definition) is 6. The van der Waals surface area contributed by atoms with Crippen molar-refractivity contribution in [3.8, 4) is 0 Å². The molecule has 0 aliphatic heterocycles. The van der Waals surface area contributed by atoms with Crippen LogP contribution >= 0.6 is 0 Å². The fourth-order valence-corrected chi connectivity index (χ4v) is 9.57. The minimum Gasteiger partial charge on any atom is -0.462 e. The van der Waals surface area contributed by atoms with Crippen molar-refractivity contribution in [1.29, 1.82) is 0 Å². The molecular weight excluding hydrogens is 1010 g/mol. The van der Waals surface area contributed by atoms with E-state index in [1.165, 1.54) is 154 Å².